The number of hydrogen-bond acceptors (Lipinski definition) is 6. The van der Waals surface area contributed by atoms with Crippen molar-refractivity contribution < 1.29 is 18.8 Å². The van der Waals surface area contributed by atoms with Crippen LogP contribution in [0.15, 0.2) is 18.3 Å². The van der Waals surface area contributed by atoms with Crippen LogP contribution < -0.4 is 15.7 Å². The highest BCUT2D eigenvalue weighted by Crippen LogP contribution is 2.36. The smallest absolute Gasteiger partial charge is 0.444 e. The third kappa shape index (κ3) is 4.60. The SMILES string of the molecule is CC(C)(C)OC(=O)N[C@@H]1CCN(c2ccc(B3OC(C)(C)C(C)(C)O3)cn2)C1. The molecule has 0 bridgehead atoms. The van der Waals surface area contributed by atoms with E-state index in [2.05, 4.69) is 15.2 Å². The lowest BCUT2D eigenvalue weighted by Crippen LogP contribution is -2.41. The van der Waals surface area contributed by atoms with Crippen LogP contribution in [-0.4, -0.2) is 54.1 Å². The van der Waals surface area contributed by atoms with Crippen LogP contribution in [0.25, 0.3) is 0 Å². The number of anilines is 1. The van der Waals surface area contributed by atoms with Gasteiger partial charge in [0.1, 0.15) is 11.4 Å². The maximum atomic E-state index is 12.0. The van der Waals surface area contributed by atoms with E-state index in [1.807, 2.05) is 66.8 Å². The van der Waals surface area contributed by atoms with Crippen LogP contribution in [-0.2, 0) is 14.0 Å². The van der Waals surface area contributed by atoms with Crippen molar-refractivity contribution in [1.29, 1.82) is 0 Å². The average molecular weight is 389 g/mol. The van der Waals surface area contributed by atoms with E-state index in [0.29, 0.717) is 6.54 Å². The number of nitrogens with one attached hydrogen (secondary N) is 1. The molecule has 2 aliphatic rings. The lowest BCUT2D eigenvalue weighted by molar-refractivity contribution is 0.00578. The first-order chi connectivity index (χ1) is 12.9. The fourth-order valence-corrected chi connectivity index (χ4v) is 3.26. The summed E-state index contributed by atoms with van der Waals surface area (Å²) in [5, 5.41) is 2.94. The normalized spacial score (nSPS) is 23.8. The number of carbonyl (C=O) groups excluding carboxylic acids is 1. The van der Waals surface area contributed by atoms with Crippen LogP contribution in [0.4, 0.5) is 10.6 Å². The largest absolute Gasteiger partial charge is 0.496 e. The van der Waals surface area contributed by atoms with Gasteiger partial charge in [0.15, 0.2) is 0 Å². The summed E-state index contributed by atoms with van der Waals surface area (Å²) >= 11 is 0. The van der Waals surface area contributed by atoms with Gasteiger partial charge in [0.25, 0.3) is 0 Å². The molecule has 1 aromatic rings. The summed E-state index contributed by atoms with van der Waals surface area (Å²) in [7, 11) is -0.410. The Kier molecular flexibility index (Phi) is 5.40. The molecule has 2 fully saturated rings. The number of amides is 1. The van der Waals surface area contributed by atoms with Crippen LogP contribution >= 0.6 is 0 Å². The van der Waals surface area contributed by atoms with Gasteiger partial charge in [-0.2, -0.15) is 0 Å². The van der Waals surface area contributed by atoms with Crippen molar-refractivity contribution in [1.82, 2.24) is 10.3 Å². The van der Waals surface area contributed by atoms with Gasteiger partial charge in [-0.25, -0.2) is 9.78 Å². The summed E-state index contributed by atoms with van der Waals surface area (Å²) in [6, 6.07) is 4.04. The molecule has 3 rings (SSSR count). The molecule has 0 radical (unpaired) electrons. The van der Waals surface area contributed by atoms with Crippen molar-refractivity contribution in [3.05, 3.63) is 18.3 Å². The second-order valence-corrected chi connectivity index (χ2v) is 9.62. The number of nitrogens with zero attached hydrogens (tertiary/aromatic N) is 2. The molecule has 1 amide bonds. The second-order valence-electron chi connectivity index (χ2n) is 9.62. The number of pyridine rings is 1. The van der Waals surface area contributed by atoms with E-state index in [0.717, 1.165) is 24.2 Å². The Labute approximate surface area is 168 Å². The zero-order valence-electron chi connectivity index (χ0n) is 18.0. The lowest BCUT2D eigenvalue weighted by atomic mass is 9.80. The van der Waals surface area contributed by atoms with E-state index in [4.69, 9.17) is 14.0 Å². The Morgan fingerprint density at radius 1 is 1.25 bits per heavy atom. The first-order valence-electron chi connectivity index (χ1n) is 9.92. The molecular formula is C20H32BN3O4. The van der Waals surface area contributed by atoms with Gasteiger partial charge < -0.3 is 24.3 Å². The minimum Gasteiger partial charge on any atom is -0.444 e. The number of alkyl carbamates (subject to hydrolysis) is 1. The minimum atomic E-state index is -0.493. The molecule has 0 spiro atoms. The molecule has 154 valence electrons. The summed E-state index contributed by atoms with van der Waals surface area (Å²) in [5.41, 5.74) is -0.324. The molecule has 1 atom stereocenters. The molecule has 0 aromatic carbocycles. The van der Waals surface area contributed by atoms with Crippen molar-refractivity contribution in [2.75, 3.05) is 18.0 Å². The number of rotatable bonds is 3. The fraction of sp³-hybridized carbons (Fsp3) is 0.700. The van der Waals surface area contributed by atoms with E-state index in [1.165, 1.54) is 0 Å². The second kappa shape index (κ2) is 7.23. The lowest BCUT2D eigenvalue weighted by Gasteiger charge is -2.32. The van der Waals surface area contributed by atoms with Gasteiger partial charge in [-0.05, 0) is 61.0 Å². The maximum Gasteiger partial charge on any atom is 0.496 e. The number of hydrogen-bond donors (Lipinski definition) is 1. The average Bonchev–Trinajstić information content (AvgIpc) is 3.08. The molecule has 0 unspecified atom stereocenters. The Morgan fingerprint density at radius 3 is 2.43 bits per heavy atom. The zero-order valence-corrected chi connectivity index (χ0v) is 18.0. The zero-order chi connectivity index (χ0) is 20.7. The Bertz CT molecular complexity index is 699. The molecule has 0 saturated carbocycles. The Morgan fingerprint density at radius 2 is 1.89 bits per heavy atom. The molecule has 7 nitrogen and oxygen atoms in total. The maximum absolute atomic E-state index is 12.0. The van der Waals surface area contributed by atoms with E-state index in [9.17, 15) is 4.79 Å². The number of ether oxygens (including phenoxy) is 1. The predicted molar refractivity (Wildman–Crippen MR) is 110 cm³/mol. The summed E-state index contributed by atoms with van der Waals surface area (Å²) in [5.74, 6) is 0.883. The summed E-state index contributed by atoms with van der Waals surface area (Å²) in [4.78, 5) is 18.7. The number of carbonyl (C=O) groups is 1. The standard InChI is InChI=1S/C20H32BN3O4/c1-18(2,3)26-17(25)23-15-10-11-24(13-15)16-9-8-14(12-22-16)21-27-19(4,5)20(6,7)28-21/h8-9,12,15H,10-11,13H2,1-7H3,(H,23,25)/t15-/m1/s1. The van der Waals surface area contributed by atoms with Gasteiger partial charge in [-0.1, -0.05) is 6.07 Å². The molecule has 0 aliphatic carbocycles. The fourth-order valence-electron chi connectivity index (χ4n) is 3.26. The minimum absolute atomic E-state index is 0.0550. The van der Waals surface area contributed by atoms with Crippen LogP contribution in [0.1, 0.15) is 54.9 Å². The summed E-state index contributed by atoms with van der Waals surface area (Å²) in [6.07, 6.45) is 2.30. The van der Waals surface area contributed by atoms with Crippen LogP contribution in [0.2, 0.25) is 0 Å². The molecular weight excluding hydrogens is 357 g/mol. The van der Waals surface area contributed by atoms with Crippen LogP contribution in [0.5, 0.6) is 0 Å². The third-order valence-electron chi connectivity index (χ3n) is 5.53. The highest BCUT2D eigenvalue weighted by Gasteiger charge is 2.51. The quantitative estimate of drug-likeness (QED) is 0.801. The topological polar surface area (TPSA) is 72.9 Å². The van der Waals surface area contributed by atoms with Gasteiger partial charge >= 0.3 is 13.2 Å². The Balaban J connectivity index is 1.57. The van der Waals surface area contributed by atoms with E-state index in [1.54, 1.807) is 0 Å². The van der Waals surface area contributed by atoms with Crippen molar-refractivity contribution in [3.63, 3.8) is 0 Å². The van der Waals surface area contributed by atoms with E-state index < -0.39 is 12.7 Å². The van der Waals surface area contributed by atoms with Gasteiger partial charge in [-0.15, -0.1) is 0 Å². The molecule has 28 heavy (non-hydrogen) atoms. The van der Waals surface area contributed by atoms with E-state index in [-0.39, 0.29) is 23.3 Å². The van der Waals surface area contributed by atoms with Crippen LogP contribution in [0, 0.1) is 0 Å². The third-order valence-corrected chi connectivity index (χ3v) is 5.53. The monoisotopic (exact) mass is 389 g/mol. The van der Waals surface area contributed by atoms with E-state index >= 15 is 0 Å². The van der Waals surface area contributed by atoms with Crippen molar-refractivity contribution in [2.45, 2.75) is 77.7 Å². The van der Waals surface area contributed by atoms with Crippen molar-refractivity contribution >= 4 is 24.5 Å². The molecule has 1 aromatic heterocycles. The Hall–Kier alpha value is -1.80. The highest BCUT2D eigenvalue weighted by molar-refractivity contribution is 6.62. The number of aromatic nitrogens is 1. The first kappa shape index (κ1) is 20.9. The van der Waals surface area contributed by atoms with Crippen molar-refractivity contribution in [3.8, 4) is 0 Å². The molecule has 3 heterocycles. The van der Waals surface area contributed by atoms with Gasteiger partial charge in [0.2, 0.25) is 0 Å². The van der Waals surface area contributed by atoms with Gasteiger partial charge in [0, 0.05) is 24.7 Å². The van der Waals surface area contributed by atoms with Crippen molar-refractivity contribution in [2.24, 2.45) is 0 Å². The summed E-state index contributed by atoms with van der Waals surface area (Å²) in [6.45, 7) is 15.3. The predicted octanol–water partition coefficient (Wildman–Crippen LogP) is 2.48. The molecule has 8 heteroatoms. The van der Waals surface area contributed by atoms with Crippen LogP contribution in [0.3, 0.4) is 0 Å². The molecule has 2 aliphatic heterocycles. The van der Waals surface area contributed by atoms with Gasteiger partial charge in [0.05, 0.1) is 17.2 Å². The van der Waals surface area contributed by atoms with Gasteiger partial charge in [-0.3, -0.25) is 0 Å². The molecule has 2 saturated heterocycles. The molecule has 1 N–H and O–H groups in total. The highest BCUT2D eigenvalue weighted by atomic mass is 16.7. The summed E-state index contributed by atoms with van der Waals surface area (Å²) < 4.78 is 17.5. The first-order valence-corrected chi connectivity index (χ1v) is 9.92.